The lowest BCUT2D eigenvalue weighted by Gasteiger charge is -2.32. The van der Waals surface area contributed by atoms with E-state index in [0.29, 0.717) is 23.5 Å². The Morgan fingerprint density at radius 2 is 1.90 bits per heavy atom. The predicted molar refractivity (Wildman–Crippen MR) is 80.0 cm³/mol. The minimum atomic E-state index is -0.384. The van der Waals surface area contributed by atoms with Crippen LogP contribution in [0, 0.1) is 22.0 Å². The monoisotopic (exact) mass is 278 g/mol. The van der Waals surface area contributed by atoms with Gasteiger partial charge in [-0.05, 0) is 37.2 Å². The molecule has 0 aliphatic heterocycles. The van der Waals surface area contributed by atoms with Crippen LogP contribution in [0.25, 0.3) is 0 Å². The average Bonchev–Trinajstić information content (AvgIpc) is 2.37. The van der Waals surface area contributed by atoms with Crippen LogP contribution in [0.2, 0.25) is 0 Å². The quantitative estimate of drug-likeness (QED) is 0.652. The van der Waals surface area contributed by atoms with Gasteiger partial charge in [0.15, 0.2) is 0 Å². The van der Waals surface area contributed by atoms with Crippen LogP contribution in [-0.2, 0) is 0 Å². The second-order valence-corrected chi connectivity index (χ2v) is 5.83. The zero-order valence-corrected chi connectivity index (χ0v) is 12.2. The minimum absolute atomic E-state index is 0.0369. The van der Waals surface area contributed by atoms with Crippen molar-refractivity contribution in [1.29, 1.82) is 0 Å². The van der Waals surface area contributed by atoms with E-state index in [1.807, 2.05) is 0 Å². The number of anilines is 2. The van der Waals surface area contributed by atoms with Crippen LogP contribution in [0.4, 0.5) is 17.3 Å². The molecule has 1 saturated carbocycles. The lowest BCUT2D eigenvalue weighted by atomic mass is 9.80. The van der Waals surface area contributed by atoms with Crippen LogP contribution in [0.1, 0.15) is 33.1 Å². The SMILES string of the molecule is CNc1ccc([N+](=O)[O-])c(NC2CC(C)CC(C)C2)n1. The van der Waals surface area contributed by atoms with Gasteiger partial charge in [0.1, 0.15) is 5.82 Å². The van der Waals surface area contributed by atoms with Gasteiger partial charge >= 0.3 is 5.69 Å². The van der Waals surface area contributed by atoms with Crippen molar-refractivity contribution in [3.63, 3.8) is 0 Å². The maximum Gasteiger partial charge on any atom is 0.311 e. The molecule has 2 N–H and O–H groups in total. The van der Waals surface area contributed by atoms with Crippen molar-refractivity contribution < 1.29 is 4.92 Å². The number of nitro groups is 1. The van der Waals surface area contributed by atoms with Gasteiger partial charge in [0.05, 0.1) is 4.92 Å². The number of aromatic nitrogens is 1. The first-order valence-electron chi connectivity index (χ1n) is 7.09. The summed E-state index contributed by atoms with van der Waals surface area (Å²) in [5.41, 5.74) is 0.0369. The standard InChI is InChI=1S/C14H22N4O2/c1-9-6-10(2)8-11(7-9)16-14-12(18(19)20)4-5-13(15-3)17-14/h4-5,9-11H,6-8H2,1-3H3,(H2,15,16,17). The molecule has 110 valence electrons. The van der Waals surface area contributed by atoms with Gasteiger partial charge < -0.3 is 10.6 Å². The highest BCUT2D eigenvalue weighted by molar-refractivity contribution is 5.60. The third-order valence-electron chi connectivity index (χ3n) is 3.85. The molecule has 0 saturated heterocycles. The number of pyridine rings is 1. The van der Waals surface area contributed by atoms with E-state index in [1.54, 1.807) is 13.1 Å². The van der Waals surface area contributed by atoms with Gasteiger partial charge in [0, 0.05) is 19.2 Å². The van der Waals surface area contributed by atoms with Gasteiger partial charge in [-0.3, -0.25) is 10.1 Å². The third kappa shape index (κ3) is 3.37. The van der Waals surface area contributed by atoms with Crippen LogP contribution >= 0.6 is 0 Å². The molecule has 0 amide bonds. The maximum absolute atomic E-state index is 11.1. The van der Waals surface area contributed by atoms with Crippen molar-refractivity contribution in [1.82, 2.24) is 4.98 Å². The van der Waals surface area contributed by atoms with Crippen LogP contribution in [0.5, 0.6) is 0 Å². The molecule has 0 spiro atoms. The Bertz CT molecular complexity index is 482. The zero-order valence-electron chi connectivity index (χ0n) is 12.2. The van der Waals surface area contributed by atoms with Crippen LogP contribution in [0.3, 0.4) is 0 Å². The number of hydrogen-bond donors (Lipinski definition) is 2. The second-order valence-electron chi connectivity index (χ2n) is 5.83. The van der Waals surface area contributed by atoms with E-state index >= 15 is 0 Å². The van der Waals surface area contributed by atoms with E-state index in [1.165, 1.54) is 12.5 Å². The molecular weight excluding hydrogens is 256 g/mol. The molecule has 1 aliphatic rings. The summed E-state index contributed by atoms with van der Waals surface area (Å²) in [4.78, 5) is 15.0. The smallest absolute Gasteiger partial charge is 0.311 e. The molecule has 6 heteroatoms. The highest BCUT2D eigenvalue weighted by atomic mass is 16.6. The lowest BCUT2D eigenvalue weighted by Crippen LogP contribution is -2.30. The number of nitrogens with zero attached hydrogens (tertiary/aromatic N) is 2. The molecule has 1 heterocycles. The Morgan fingerprint density at radius 3 is 2.45 bits per heavy atom. The first kappa shape index (κ1) is 14.6. The van der Waals surface area contributed by atoms with Gasteiger partial charge in [-0.2, -0.15) is 0 Å². The summed E-state index contributed by atoms with van der Waals surface area (Å²) in [6, 6.07) is 3.37. The summed E-state index contributed by atoms with van der Waals surface area (Å²) < 4.78 is 0. The summed E-state index contributed by atoms with van der Waals surface area (Å²) in [6.07, 6.45) is 3.30. The molecule has 6 nitrogen and oxygen atoms in total. The van der Waals surface area contributed by atoms with E-state index in [9.17, 15) is 10.1 Å². The first-order chi connectivity index (χ1) is 9.49. The highest BCUT2D eigenvalue weighted by Crippen LogP contribution is 2.32. The second kappa shape index (κ2) is 6.07. The van der Waals surface area contributed by atoms with Crippen LogP contribution in [-0.4, -0.2) is 23.0 Å². The Balaban J connectivity index is 2.20. The molecule has 1 aromatic heterocycles. The molecule has 1 fully saturated rings. The molecule has 2 atom stereocenters. The largest absolute Gasteiger partial charge is 0.373 e. The molecule has 0 bridgehead atoms. The predicted octanol–water partition coefficient (Wildman–Crippen LogP) is 3.27. The maximum atomic E-state index is 11.1. The summed E-state index contributed by atoms with van der Waals surface area (Å²) in [5.74, 6) is 2.29. The average molecular weight is 278 g/mol. The molecule has 1 aliphatic carbocycles. The van der Waals surface area contributed by atoms with Crippen molar-refractivity contribution in [2.24, 2.45) is 11.8 Å². The van der Waals surface area contributed by atoms with Crippen LogP contribution < -0.4 is 10.6 Å². The van der Waals surface area contributed by atoms with E-state index < -0.39 is 0 Å². The van der Waals surface area contributed by atoms with Crippen molar-refractivity contribution in [3.05, 3.63) is 22.2 Å². The van der Waals surface area contributed by atoms with Gasteiger partial charge in [0.25, 0.3) is 0 Å². The van der Waals surface area contributed by atoms with E-state index in [0.717, 1.165) is 12.8 Å². The van der Waals surface area contributed by atoms with Gasteiger partial charge in [-0.15, -0.1) is 0 Å². The fourth-order valence-electron chi connectivity index (χ4n) is 3.10. The fraction of sp³-hybridized carbons (Fsp3) is 0.643. The Hall–Kier alpha value is -1.85. The Labute approximate surface area is 119 Å². The van der Waals surface area contributed by atoms with Crippen molar-refractivity contribution in [2.45, 2.75) is 39.2 Å². The van der Waals surface area contributed by atoms with E-state index in [4.69, 9.17) is 0 Å². The molecule has 20 heavy (non-hydrogen) atoms. The third-order valence-corrected chi connectivity index (χ3v) is 3.85. The van der Waals surface area contributed by atoms with Crippen molar-refractivity contribution in [3.8, 4) is 0 Å². The van der Waals surface area contributed by atoms with Gasteiger partial charge in [-0.1, -0.05) is 13.8 Å². The molecular formula is C14H22N4O2. The zero-order chi connectivity index (χ0) is 14.7. The van der Waals surface area contributed by atoms with E-state index in [-0.39, 0.29) is 16.7 Å². The topological polar surface area (TPSA) is 80.1 Å². The first-order valence-corrected chi connectivity index (χ1v) is 7.09. The molecule has 2 rings (SSSR count). The lowest BCUT2D eigenvalue weighted by molar-refractivity contribution is -0.384. The summed E-state index contributed by atoms with van der Waals surface area (Å²) in [7, 11) is 1.75. The number of nitrogens with one attached hydrogen (secondary N) is 2. The Morgan fingerprint density at radius 1 is 1.25 bits per heavy atom. The number of hydrogen-bond acceptors (Lipinski definition) is 5. The summed E-state index contributed by atoms with van der Waals surface area (Å²) >= 11 is 0. The highest BCUT2D eigenvalue weighted by Gasteiger charge is 2.26. The van der Waals surface area contributed by atoms with Crippen LogP contribution in [0.15, 0.2) is 12.1 Å². The molecule has 2 unspecified atom stereocenters. The fourth-order valence-corrected chi connectivity index (χ4v) is 3.10. The molecule has 1 aromatic rings. The number of rotatable bonds is 4. The van der Waals surface area contributed by atoms with E-state index in [2.05, 4.69) is 29.5 Å². The Kier molecular flexibility index (Phi) is 4.42. The van der Waals surface area contributed by atoms with Gasteiger partial charge in [-0.25, -0.2) is 4.98 Å². The van der Waals surface area contributed by atoms with Gasteiger partial charge in [0.2, 0.25) is 5.82 Å². The summed E-state index contributed by atoms with van der Waals surface area (Å²) in [5, 5.41) is 17.3. The van der Waals surface area contributed by atoms with Crippen molar-refractivity contribution >= 4 is 17.3 Å². The minimum Gasteiger partial charge on any atom is -0.373 e. The summed E-state index contributed by atoms with van der Waals surface area (Å²) in [6.45, 7) is 4.46. The molecule has 0 radical (unpaired) electrons. The molecule has 0 aromatic carbocycles. The normalized spacial score (nSPS) is 26.1. The van der Waals surface area contributed by atoms with Crippen molar-refractivity contribution in [2.75, 3.05) is 17.7 Å².